The quantitative estimate of drug-likeness (QED) is 0.843. The molecule has 0 spiro atoms. The lowest BCUT2D eigenvalue weighted by molar-refractivity contribution is 0.0601. The molecule has 92 valence electrons. The maximum atomic E-state index is 13.4. The van der Waals surface area contributed by atoms with E-state index in [9.17, 15) is 9.18 Å². The van der Waals surface area contributed by atoms with Gasteiger partial charge in [-0.2, -0.15) is 0 Å². The fourth-order valence-corrected chi connectivity index (χ4v) is 1.53. The number of esters is 1. The molecule has 0 aliphatic rings. The molecule has 0 bridgehead atoms. The van der Waals surface area contributed by atoms with Crippen molar-refractivity contribution in [3.63, 3.8) is 0 Å². The van der Waals surface area contributed by atoms with Crippen LogP contribution in [0.3, 0.4) is 0 Å². The Morgan fingerprint density at radius 3 is 2.39 bits per heavy atom. The molecule has 0 aliphatic heterocycles. The lowest BCUT2D eigenvalue weighted by Gasteiger charge is -2.07. The standard InChI is InChI=1S/C14H12FNO2/c1-18-14(17)10-6-8-11(9-7-10)16-13-5-3-2-4-12(13)15/h2-9,16H,1H3. The van der Waals surface area contributed by atoms with Gasteiger partial charge in [-0.25, -0.2) is 9.18 Å². The number of anilines is 2. The van der Waals surface area contributed by atoms with Gasteiger partial charge >= 0.3 is 5.97 Å². The summed E-state index contributed by atoms with van der Waals surface area (Å²) in [7, 11) is 1.33. The van der Waals surface area contributed by atoms with Crippen LogP contribution < -0.4 is 5.32 Å². The smallest absolute Gasteiger partial charge is 0.337 e. The van der Waals surface area contributed by atoms with Crippen molar-refractivity contribution in [3.05, 3.63) is 59.9 Å². The SMILES string of the molecule is COC(=O)c1ccc(Nc2ccccc2F)cc1. The number of nitrogens with one attached hydrogen (secondary N) is 1. The van der Waals surface area contributed by atoms with E-state index < -0.39 is 5.97 Å². The predicted molar refractivity (Wildman–Crippen MR) is 67.5 cm³/mol. The molecule has 0 radical (unpaired) electrons. The molecule has 0 atom stereocenters. The van der Waals surface area contributed by atoms with Gasteiger partial charge in [-0.1, -0.05) is 12.1 Å². The Hall–Kier alpha value is -2.36. The van der Waals surface area contributed by atoms with Gasteiger partial charge in [-0.05, 0) is 36.4 Å². The van der Waals surface area contributed by atoms with Gasteiger partial charge in [0.2, 0.25) is 0 Å². The van der Waals surface area contributed by atoms with Gasteiger partial charge in [-0.3, -0.25) is 0 Å². The Kier molecular flexibility index (Phi) is 3.57. The third kappa shape index (κ3) is 2.66. The summed E-state index contributed by atoms with van der Waals surface area (Å²) in [6.45, 7) is 0. The summed E-state index contributed by atoms with van der Waals surface area (Å²) in [6.07, 6.45) is 0. The first-order valence-corrected chi connectivity index (χ1v) is 5.40. The summed E-state index contributed by atoms with van der Waals surface area (Å²) in [5, 5.41) is 2.93. The molecule has 18 heavy (non-hydrogen) atoms. The van der Waals surface area contributed by atoms with E-state index >= 15 is 0 Å². The highest BCUT2D eigenvalue weighted by molar-refractivity contribution is 5.89. The first-order chi connectivity index (χ1) is 8.70. The Bertz CT molecular complexity index is 552. The average molecular weight is 245 g/mol. The molecule has 0 aromatic heterocycles. The van der Waals surface area contributed by atoms with Gasteiger partial charge < -0.3 is 10.1 Å². The molecule has 4 heteroatoms. The summed E-state index contributed by atoms with van der Waals surface area (Å²) < 4.78 is 18.0. The van der Waals surface area contributed by atoms with E-state index in [2.05, 4.69) is 10.1 Å². The van der Waals surface area contributed by atoms with Crippen molar-refractivity contribution < 1.29 is 13.9 Å². The third-order valence-corrected chi connectivity index (χ3v) is 2.46. The maximum absolute atomic E-state index is 13.4. The second-order valence-corrected chi connectivity index (χ2v) is 3.67. The number of benzene rings is 2. The number of methoxy groups -OCH3 is 1. The number of hydrogen-bond donors (Lipinski definition) is 1. The van der Waals surface area contributed by atoms with Crippen molar-refractivity contribution in [2.45, 2.75) is 0 Å². The first kappa shape index (κ1) is 12.1. The molecule has 0 aliphatic carbocycles. The summed E-state index contributed by atoms with van der Waals surface area (Å²) >= 11 is 0. The van der Waals surface area contributed by atoms with E-state index in [-0.39, 0.29) is 5.82 Å². The van der Waals surface area contributed by atoms with Crippen molar-refractivity contribution in [1.29, 1.82) is 0 Å². The second kappa shape index (κ2) is 5.31. The molecule has 0 amide bonds. The molecular weight excluding hydrogens is 233 g/mol. The number of rotatable bonds is 3. The Balaban J connectivity index is 2.16. The van der Waals surface area contributed by atoms with Crippen molar-refractivity contribution in [3.8, 4) is 0 Å². The van der Waals surface area contributed by atoms with E-state index in [1.54, 1.807) is 42.5 Å². The summed E-state index contributed by atoms with van der Waals surface area (Å²) in [6, 6.07) is 13.0. The van der Waals surface area contributed by atoms with Gasteiger partial charge in [0, 0.05) is 5.69 Å². The van der Waals surface area contributed by atoms with Crippen LogP contribution in [0.2, 0.25) is 0 Å². The van der Waals surface area contributed by atoms with Gasteiger partial charge in [0.05, 0.1) is 18.4 Å². The normalized spacial score (nSPS) is 9.89. The molecule has 1 N–H and O–H groups in total. The van der Waals surface area contributed by atoms with Crippen molar-refractivity contribution in [2.24, 2.45) is 0 Å². The molecular formula is C14H12FNO2. The van der Waals surface area contributed by atoms with Crippen molar-refractivity contribution in [2.75, 3.05) is 12.4 Å². The minimum Gasteiger partial charge on any atom is -0.465 e. The zero-order valence-electron chi connectivity index (χ0n) is 9.81. The number of carbonyl (C=O) groups excluding carboxylic acids is 1. The average Bonchev–Trinajstić information content (AvgIpc) is 2.41. The molecule has 2 aromatic carbocycles. The van der Waals surface area contributed by atoms with Gasteiger partial charge in [0.1, 0.15) is 5.82 Å². The second-order valence-electron chi connectivity index (χ2n) is 3.67. The molecule has 3 nitrogen and oxygen atoms in total. The highest BCUT2D eigenvalue weighted by Gasteiger charge is 2.05. The number of ether oxygens (including phenoxy) is 1. The highest BCUT2D eigenvalue weighted by Crippen LogP contribution is 2.19. The maximum Gasteiger partial charge on any atom is 0.337 e. The van der Waals surface area contributed by atoms with E-state index in [0.29, 0.717) is 16.9 Å². The van der Waals surface area contributed by atoms with E-state index in [0.717, 1.165) is 0 Å². The monoisotopic (exact) mass is 245 g/mol. The van der Waals surface area contributed by atoms with Gasteiger partial charge in [-0.15, -0.1) is 0 Å². The fraction of sp³-hybridized carbons (Fsp3) is 0.0714. The first-order valence-electron chi connectivity index (χ1n) is 5.40. The van der Waals surface area contributed by atoms with Gasteiger partial charge in [0.15, 0.2) is 0 Å². The third-order valence-electron chi connectivity index (χ3n) is 2.46. The minimum atomic E-state index is -0.396. The number of para-hydroxylation sites is 1. The van der Waals surface area contributed by atoms with Crippen molar-refractivity contribution >= 4 is 17.3 Å². The number of halogens is 1. The topological polar surface area (TPSA) is 38.3 Å². The van der Waals surface area contributed by atoms with Gasteiger partial charge in [0.25, 0.3) is 0 Å². The Morgan fingerprint density at radius 2 is 1.78 bits per heavy atom. The van der Waals surface area contributed by atoms with Crippen LogP contribution in [0.1, 0.15) is 10.4 Å². The van der Waals surface area contributed by atoms with Crippen LogP contribution in [0, 0.1) is 5.82 Å². The van der Waals surface area contributed by atoms with Crippen LogP contribution in [-0.2, 0) is 4.74 Å². The largest absolute Gasteiger partial charge is 0.465 e. The Morgan fingerprint density at radius 1 is 1.11 bits per heavy atom. The number of hydrogen-bond acceptors (Lipinski definition) is 3. The lowest BCUT2D eigenvalue weighted by Crippen LogP contribution is -2.01. The molecule has 0 fully saturated rings. The molecule has 0 saturated heterocycles. The van der Waals surface area contributed by atoms with Crippen LogP contribution in [0.5, 0.6) is 0 Å². The van der Waals surface area contributed by atoms with E-state index in [4.69, 9.17) is 0 Å². The van der Waals surface area contributed by atoms with E-state index in [1.807, 2.05) is 0 Å². The zero-order chi connectivity index (χ0) is 13.0. The summed E-state index contributed by atoms with van der Waals surface area (Å²) in [4.78, 5) is 11.2. The molecule has 2 aromatic rings. The summed E-state index contributed by atoms with van der Waals surface area (Å²) in [5.41, 5.74) is 1.55. The van der Waals surface area contributed by atoms with Crippen molar-refractivity contribution in [1.82, 2.24) is 0 Å². The van der Waals surface area contributed by atoms with E-state index in [1.165, 1.54) is 13.2 Å². The van der Waals surface area contributed by atoms with Crippen LogP contribution in [0.4, 0.5) is 15.8 Å². The molecule has 0 heterocycles. The highest BCUT2D eigenvalue weighted by atomic mass is 19.1. The fourth-order valence-electron chi connectivity index (χ4n) is 1.53. The number of carbonyl (C=O) groups is 1. The Labute approximate surface area is 104 Å². The van der Waals surface area contributed by atoms with Crippen LogP contribution >= 0.6 is 0 Å². The van der Waals surface area contributed by atoms with Crippen LogP contribution in [0.15, 0.2) is 48.5 Å². The zero-order valence-corrected chi connectivity index (χ0v) is 9.81. The predicted octanol–water partition coefficient (Wildman–Crippen LogP) is 3.36. The lowest BCUT2D eigenvalue weighted by atomic mass is 10.2. The van der Waals surface area contributed by atoms with Crippen LogP contribution in [0.25, 0.3) is 0 Å². The van der Waals surface area contributed by atoms with Crippen LogP contribution in [-0.4, -0.2) is 13.1 Å². The molecule has 0 unspecified atom stereocenters. The minimum absolute atomic E-state index is 0.324. The molecule has 2 rings (SSSR count). The molecule has 0 saturated carbocycles. The summed E-state index contributed by atoms with van der Waals surface area (Å²) in [5.74, 6) is -0.720.